The van der Waals surface area contributed by atoms with E-state index in [1.54, 1.807) is 29.4 Å². The minimum absolute atomic E-state index is 0.299. The molecule has 0 spiro atoms. The number of rotatable bonds is 2. The quantitative estimate of drug-likeness (QED) is 0.836. The van der Waals surface area contributed by atoms with Gasteiger partial charge in [0.25, 0.3) is 0 Å². The third-order valence-electron chi connectivity index (χ3n) is 3.59. The Labute approximate surface area is 109 Å². The molecule has 0 radical (unpaired) electrons. The first kappa shape index (κ1) is 13.4. The van der Waals surface area contributed by atoms with Crippen LogP contribution in [0.25, 0.3) is 0 Å². The fraction of sp³-hybridized carbons (Fsp3) is 0.538. The summed E-state index contributed by atoms with van der Waals surface area (Å²) in [7, 11) is -3.42. The highest BCUT2D eigenvalue weighted by Gasteiger charge is 2.41. The lowest BCUT2D eigenvalue weighted by Gasteiger charge is -2.31. The molecule has 0 saturated carbocycles. The van der Waals surface area contributed by atoms with Crippen molar-refractivity contribution in [2.24, 2.45) is 0 Å². The smallest absolute Gasteiger partial charge is 0.243 e. The van der Waals surface area contributed by atoms with Crippen molar-refractivity contribution < 1.29 is 8.42 Å². The fourth-order valence-corrected chi connectivity index (χ4v) is 4.66. The summed E-state index contributed by atoms with van der Waals surface area (Å²) in [6.07, 6.45) is 1.82. The van der Waals surface area contributed by atoms with Crippen molar-refractivity contribution in [3.05, 3.63) is 23.8 Å². The average Bonchev–Trinajstić information content (AvgIpc) is 2.58. The Bertz CT molecular complexity index is 564. The molecular formula is C13H20N2O2S. The van der Waals surface area contributed by atoms with E-state index in [1.807, 2.05) is 13.8 Å². The molecule has 1 fully saturated rings. The van der Waals surface area contributed by atoms with Gasteiger partial charge in [-0.05, 0) is 57.4 Å². The van der Waals surface area contributed by atoms with E-state index in [1.165, 1.54) is 0 Å². The van der Waals surface area contributed by atoms with Crippen molar-refractivity contribution in [2.75, 3.05) is 12.3 Å². The fourth-order valence-electron chi connectivity index (χ4n) is 2.61. The van der Waals surface area contributed by atoms with Crippen LogP contribution in [0.3, 0.4) is 0 Å². The Balaban J connectivity index is 2.49. The molecule has 2 rings (SSSR count). The van der Waals surface area contributed by atoms with Crippen LogP contribution in [0.4, 0.5) is 5.69 Å². The predicted octanol–water partition coefficient (Wildman–Crippen LogP) is 2.14. The maximum absolute atomic E-state index is 12.7. The van der Waals surface area contributed by atoms with Crippen LogP contribution < -0.4 is 5.73 Å². The first-order valence-electron chi connectivity index (χ1n) is 6.14. The van der Waals surface area contributed by atoms with Gasteiger partial charge in [-0.25, -0.2) is 8.42 Å². The molecule has 1 aromatic carbocycles. The summed E-state index contributed by atoms with van der Waals surface area (Å²) in [5.41, 5.74) is 6.67. The average molecular weight is 268 g/mol. The Hall–Kier alpha value is -1.07. The van der Waals surface area contributed by atoms with E-state index in [2.05, 4.69) is 0 Å². The first-order chi connectivity index (χ1) is 8.25. The highest BCUT2D eigenvalue weighted by molar-refractivity contribution is 7.89. The highest BCUT2D eigenvalue weighted by atomic mass is 32.2. The number of hydrogen-bond donors (Lipinski definition) is 1. The van der Waals surface area contributed by atoms with Crippen molar-refractivity contribution in [3.63, 3.8) is 0 Å². The molecule has 18 heavy (non-hydrogen) atoms. The van der Waals surface area contributed by atoms with Crippen LogP contribution in [0.5, 0.6) is 0 Å². The summed E-state index contributed by atoms with van der Waals surface area (Å²) in [6, 6.07) is 4.95. The third-order valence-corrected chi connectivity index (χ3v) is 5.86. The molecule has 0 atom stereocenters. The lowest BCUT2D eigenvalue weighted by molar-refractivity contribution is 0.291. The molecule has 4 nitrogen and oxygen atoms in total. The number of sulfonamides is 1. The summed E-state index contributed by atoms with van der Waals surface area (Å²) in [6.45, 7) is 6.33. The van der Waals surface area contributed by atoms with Crippen molar-refractivity contribution in [1.82, 2.24) is 4.31 Å². The zero-order chi connectivity index (χ0) is 13.6. The Morgan fingerprint density at radius 3 is 2.50 bits per heavy atom. The predicted molar refractivity (Wildman–Crippen MR) is 72.8 cm³/mol. The molecule has 0 aliphatic carbocycles. The van der Waals surface area contributed by atoms with E-state index >= 15 is 0 Å². The summed E-state index contributed by atoms with van der Waals surface area (Å²) in [5.74, 6) is 0. The minimum atomic E-state index is -3.42. The molecule has 0 aromatic heterocycles. The summed E-state index contributed by atoms with van der Waals surface area (Å²) >= 11 is 0. The van der Waals surface area contributed by atoms with E-state index in [4.69, 9.17) is 5.73 Å². The second kappa shape index (κ2) is 4.24. The molecule has 1 aliphatic rings. The van der Waals surface area contributed by atoms with Crippen LogP contribution in [0.2, 0.25) is 0 Å². The number of aryl methyl sites for hydroxylation is 1. The Morgan fingerprint density at radius 2 is 2.00 bits per heavy atom. The largest absolute Gasteiger partial charge is 0.399 e. The van der Waals surface area contributed by atoms with Gasteiger partial charge in [-0.15, -0.1) is 0 Å². The van der Waals surface area contributed by atoms with Crippen LogP contribution in [-0.2, 0) is 10.0 Å². The van der Waals surface area contributed by atoms with E-state index in [9.17, 15) is 8.42 Å². The van der Waals surface area contributed by atoms with Gasteiger partial charge in [-0.1, -0.05) is 0 Å². The second-order valence-electron chi connectivity index (χ2n) is 5.52. The number of benzene rings is 1. The standard InChI is InChI=1S/C13H20N2O2S/c1-10-9-11(14)5-6-12(10)18(16,17)15-8-4-7-13(15,2)3/h5-6,9H,4,7-8,14H2,1-3H3. The topological polar surface area (TPSA) is 63.4 Å². The molecule has 0 amide bonds. The second-order valence-corrected chi connectivity index (χ2v) is 7.35. The number of nitrogens with two attached hydrogens (primary N) is 1. The molecular weight excluding hydrogens is 248 g/mol. The van der Waals surface area contributed by atoms with E-state index in [-0.39, 0.29) is 5.54 Å². The van der Waals surface area contributed by atoms with Gasteiger partial charge >= 0.3 is 0 Å². The molecule has 0 unspecified atom stereocenters. The van der Waals surface area contributed by atoms with Crippen LogP contribution in [0.15, 0.2) is 23.1 Å². The van der Waals surface area contributed by atoms with Crippen LogP contribution in [-0.4, -0.2) is 24.8 Å². The first-order valence-corrected chi connectivity index (χ1v) is 7.58. The van der Waals surface area contributed by atoms with Crippen LogP contribution in [0, 0.1) is 6.92 Å². The van der Waals surface area contributed by atoms with E-state index < -0.39 is 10.0 Å². The summed E-state index contributed by atoms with van der Waals surface area (Å²) in [5, 5.41) is 0. The molecule has 0 bridgehead atoms. The Kier molecular flexibility index (Phi) is 3.15. The number of nitrogen functional groups attached to an aromatic ring is 1. The minimum Gasteiger partial charge on any atom is -0.399 e. The zero-order valence-corrected chi connectivity index (χ0v) is 11.9. The van der Waals surface area contributed by atoms with Crippen LogP contribution in [0.1, 0.15) is 32.3 Å². The lowest BCUT2D eigenvalue weighted by atomic mass is 10.0. The molecule has 1 aromatic rings. The van der Waals surface area contributed by atoms with Gasteiger partial charge in [-0.2, -0.15) is 4.31 Å². The molecule has 1 heterocycles. The van der Waals surface area contributed by atoms with Gasteiger partial charge in [0, 0.05) is 17.8 Å². The molecule has 2 N–H and O–H groups in total. The third kappa shape index (κ3) is 2.12. The van der Waals surface area contributed by atoms with Gasteiger partial charge < -0.3 is 5.73 Å². The summed E-state index contributed by atoms with van der Waals surface area (Å²) < 4.78 is 26.9. The molecule has 100 valence electrons. The normalized spacial score (nSPS) is 20.2. The van der Waals surface area contributed by atoms with E-state index in [0.29, 0.717) is 22.7 Å². The van der Waals surface area contributed by atoms with Crippen molar-refractivity contribution in [1.29, 1.82) is 0 Å². The number of nitrogens with zero attached hydrogens (tertiary/aromatic N) is 1. The summed E-state index contributed by atoms with van der Waals surface area (Å²) in [4.78, 5) is 0.367. The van der Waals surface area contributed by atoms with Gasteiger partial charge in [0.2, 0.25) is 10.0 Å². The monoisotopic (exact) mass is 268 g/mol. The number of anilines is 1. The van der Waals surface area contributed by atoms with Crippen molar-refractivity contribution in [3.8, 4) is 0 Å². The maximum Gasteiger partial charge on any atom is 0.243 e. The SMILES string of the molecule is Cc1cc(N)ccc1S(=O)(=O)N1CCCC1(C)C. The highest BCUT2D eigenvalue weighted by Crippen LogP contribution is 2.34. The molecule has 5 heteroatoms. The van der Waals surface area contributed by atoms with Gasteiger partial charge in [0.15, 0.2) is 0 Å². The van der Waals surface area contributed by atoms with E-state index in [0.717, 1.165) is 12.8 Å². The van der Waals surface area contributed by atoms with Gasteiger partial charge in [0.05, 0.1) is 4.90 Å². The molecule has 1 aliphatic heterocycles. The van der Waals surface area contributed by atoms with Crippen molar-refractivity contribution >= 4 is 15.7 Å². The van der Waals surface area contributed by atoms with Gasteiger partial charge in [0.1, 0.15) is 0 Å². The Morgan fingerprint density at radius 1 is 1.33 bits per heavy atom. The molecule has 1 saturated heterocycles. The zero-order valence-electron chi connectivity index (χ0n) is 11.1. The van der Waals surface area contributed by atoms with Crippen molar-refractivity contribution in [2.45, 2.75) is 44.0 Å². The lowest BCUT2D eigenvalue weighted by Crippen LogP contribution is -2.42. The van der Waals surface area contributed by atoms with Gasteiger partial charge in [-0.3, -0.25) is 0 Å². The maximum atomic E-state index is 12.7. The van der Waals surface area contributed by atoms with Crippen LogP contribution >= 0.6 is 0 Å². The number of hydrogen-bond acceptors (Lipinski definition) is 3.